The molecule has 4 aliphatic rings. The molecule has 2 amide bonds. The number of nitrogens with zero attached hydrogens (tertiary/aromatic N) is 7. The lowest BCUT2D eigenvalue weighted by Gasteiger charge is -2.48. The number of hydrogen-bond donors (Lipinski definition) is 4. The standard InChI is InChI=1S/C24H36N10O5S/c1-11(5-14(35)9-33-10-28-30-31-33)17-18-12(2)20(19(23(38)39)34(18)22(17)37)40-15-6-16(27-7-15)21(36)29-24(26)32-4-3-13(25)8-32/h10-13,15-20,27H,3-9,25H2,1-2H3,(H,38,39)(H2,26,29,36)/t11-,12+,13+,15-,16-,17+,18+,19?,20?/m0/s1. The first-order valence-corrected chi connectivity index (χ1v) is 14.5. The number of ketones is 1. The molecule has 0 radical (unpaired) electrons. The molecule has 0 aromatic carbocycles. The molecule has 40 heavy (non-hydrogen) atoms. The fourth-order valence-corrected chi connectivity index (χ4v) is 8.34. The molecule has 16 heteroatoms. The Bertz CT molecular complexity index is 1180. The fourth-order valence-electron chi connectivity index (χ4n) is 6.60. The molecule has 0 saturated carbocycles. The van der Waals surface area contributed by atoms with Crippen molar-refractivity contribution in [1.29, 1.82) is 0 Å². The number of likely N-dealkylation sites (tertiary alicyclic amines) is 1. The molecular formula is C24H36N10O5S. The molecule has 218 valence electrons. The molecule has 15 nitrogen and oxygen atoms in total. The third-order valence-electron chi connectivity index (χ3n) is 8.55. The van der Waals surface area contributed by atoms with Gasteiger partial charge < -0.3 is 31.7 Å². The van der Waals surface area contributed by atoms with Gasteiger partial charge in [-0.05, 0) is 35.1 Å². The Morgan fingerprint density at radius 1 is 1.35 bits per heavy atom. The maximum absolute atomic E-state index is 13.2. The van der Waals surface area contributed by atoms with Gasteiger partial charge >= 0.3 is 5.97 Å². The number of Topliss-reactive ketones (excluding diaryl/α,β-unsaturated/α-hetero) is 1. The van der Waals surface area contributed by atoms with Gasteiger partial charge in [-0.2, -0.15) is 16.8 Å². The van der Waals surface area contributed by atoms with Crippen LogP contribution in [0.2, 0.25) is 0 Å². The molecule has 5 rings (SSSR count). The maximum atomic E-state index is 13.2. The number of aliphatic carboxylic acids is 1. The first-order chi connectivity index (χ1) is 19.0. The van der Waals surface area contributed by atoms with Crippen LogP contribution in [-0.2, 0) is 25.7 Å². The van der Waals surface area contributed by atoms with Gasteiger partial charge in [0.05, 0.1) is 12.0 Å². The van der Waals surface area contributed by atoms with E-state index in [9.17, 15) is 24.3 Å². The van der Waals surface area contributed by atoms with Crippen molar-refractivity contribution in [1.82, 2.24) is 35.3 Å². The Morgan fingerprint density at radius 3 is 2.77 bits per heavy atom. The molecule has 2 unspecified atom stereocenters. The molecule has 0 bridgehead atoms. The summed E-state index contributed by atoms with van der Waals surface area (Å²) in [7, 11) is 0. The molecular weight excluding hydrogens is 540 g/mol. The van der Waals surface area contributed by atoms with Gasteiger partial charge in [-0.1, -0.05) is 13.8 Å². The van der Waals surface area contributed by atoms with E-state index in [0.29, 0.717) is 26.1 Å². The van der Waals surface area contributed by atoms with Gasteiger partial charge in [0.25, 0.3) is 5.91 Å². The number of fused-ring (bicyclic) bond motifs is 1. The summed E-state index contributed by atoms with van der Waals surface area (Å²) in [5, 5.41) is 23.7. The van der Waals surface area contributed by atoms with E-state index in [-0.39, 0.29) is 70.9 Å². The van der Waals surface area contributed by atoms with Gasteiger partial charge in [0.15, 0.2) is 11.7 Å². The molecule has 1 aromatic rings. The number of aromatic nitrogens is 4. The first kappa shape index (κ1) is 28.4. The van der Waals surface area contributed by atoms with Crippen LogP contribution in [0.25, 0.3) is 0 Å². The van der Waals surface area contributed by atoms with E-state index >= 15 is 0 Å². The summed E-state index contributed by atoms with van der Waals surface area (Å²) < 4.78 is 1.34. The highest BCUT2D eigenvalue weighted by molar-refractivity contribution is 8.00. The van der Waals surface area contributed by atoms with E-state index in [4.69, 9.17) is 11.5 Å². The minimum absolute atomic E-state index is 0.0167. The minimum Gasteiger partial charge on any atom is -0.480 e. The van der Waals surface area contributed by atoms with Crippen LogP contribution in [0.5, 0.6) is 0 Å². The Labute approximate surface area is 235 Å². The lowest BCUT2D eigenvalue weighted by atomic mass is 9.73. The fraction of sp³-hybridized carbons (Fsp3) is 0.750. The number of amides is 2. The molecule has 5 heterocycles. The zero-order valence-electron chi connectivity index (χ0n) is 22.5. The second-order valence-corrected chi connectivity index (χ2v) is 12.8. The summed E-state index contributed by atoms with van der Waals surface area (Å²) in [5.41, 5.74) is 11.9. The van der Waals surface area contributed by atoms with Crippen LogP contribution in [0, 0.1) is 17.8 Å². The Balaban J connectivity index is 1.20. The highest BCUT2D eigenvalue weighted by Crippen LogP contribution is 2.51. The van der Waals surface area contributed by atoms with Crippen molar-refractivity contribution in [3.8, 4) is 0 Å². The van der Waals surface area contributed by atoms with E-state index in [1.54, 1.807) is 4.90 Å². The molecule has 1 aromatic heterocycles. The van der Waals surface area contributed by atoms with Crippen molar-refractivity contribution in [3.63, 3.8) is 0 Å². The average Bonchev–Trinajstić information content (AvgIpc) is 3.68. The van der Waals surface area contributed by atoms with Crippen molar-refractivity contribution < 1.29 is 24.3 Å². The van der Waals surface area contributed by atoms with Gasteiger partial charge in [-0.15, -0.1) is 5.10 Å². The third kappa shape index (κ3) is 5.43. The highest BCUT2D eigenvalue weighted by Gasteiger charge is 2.64. The number of β-lactam (4-membered cyclic amide) rings is 1. The number of carbonyl (C=O) groups is 4. The monoisotopic (exact) mass is 576 g/mol. The maximum Gasteiger partial charge on any atom is 0.327 e. The summed E-state index contributed by atoms with van der Waals surface area (Å²) in [6.45, 7) is 5.61. The van der Waals surface area contributed by atoms with Gasteiger partial charge in [0, 0.05) is 48.6 Å². The summed E-state index contributed by atoms with van der Waals surface area (Å²) in [4.78, 5) is 58.3. The molecule has 6 N–H and O–H groups in total. The molecule has 4 fully saturated rings. The average molecular weight is 577 g/mol. The van der Waals surface area contributed by atoms with E-state index < -0.39 is 24.0 Å². The number of carboxylic acids is 1. The smallest absolute Gasteiger partial charge is 0.327 e. The third-order valence-corrected chi connectivity index (χ3v) is 10.3. The topological polar surface area (TPSA) is 215 Å². The second-order valence-electron chi connectivity index (χ2n) is 11.4. The molecule has 4 aliphatic heterocycles. The van der Waals surface area contributed by atoms with Crippen LogP contribution in [0.15, 0.2) is 11.3 Å². The van der Waals surface area contributed by atoms with Crippen molar-refractivity contribution in [3.05, 3.63) is 6.33 Å². The van der Waals surface area contributed by atoms with E-state index in [0.717, 1.165) is 6.42 Å². The molecule has 9 atom stereocenters. The lowest BCUT2D eigenvalue weighted by molar-refractivity contribution is -0.168. The zero-order chi connectivity index (χ0) is 28.7. The zero-order valence-corrected chi connectivity index (χ0v) is 23.3. The van der Waals surface area contributed by atoms with E-state index in [1.807, 2.05) is 13.8 Å². The first-order valence-electron chi connectivity index (χ1n) is 13.6. The number of tetrazole rings is 1. The van der Waals surface area contributed by atoms with E-state index in [1.165, 1.54) is 27.7 Å². The van der Waals surface area contributed by atoms with Crippen LogP contribution in [0.3, 0.4) is 0 Å². The summed E-state index contributed by atoms with van der Waals surface area (Å²) in [5.74, 6) is -2.32. The Morgan fingerprint density at radius 2 is 2.12 bits per heavy atom. The van der Waals surface area contributed by atoms with Crippen LogP contribution in [0.1, 0.15) is 33.1 Å². The number of hydrogen-bond acceptors (Lipinski definition) is 10. The second kappa shape index (κ2) is 11.4. The van der Waals surface area contributed by atoms with Crippen molar-refractivity contribution in [2.75, 3.05) is 19.6 Å². The number of nitrogens with two attached hydrogens (primary N) is 2. The highest BCUT2D eigenvalue weighted by atomic mass is 32.2. The normalized spacial score (nSPS) is 34.6. The van der Waals surface area contributed by atoms with Crippen LogP contribution in [-0.4, -0.2) is 119 Å². The van der Waals surface area contributed by atoms with Gasteiger partial charge in [0.1, 0.15) is 18.9 Å². The summed E-state index contributed by atoms with van der Waals surface area (Å²) in [6, 6.07) is -1.71. The molecule has 4 saturated heterocycles. The SMILES string of the molecule is C[C@@H](CC(=O)Cn1cnnn1)[C@H]1C(=O)N2C(C(=O)O)C(S[C@@H]3CN[C@H](C(=O)N=C(N)N4CC[C@@H](N)C4)C3)[C@H](C)[C@H]12. The quantitative estimate of drug-likeness (QED) is 0.141. The predicted molar refractivity (Wildman–Crippen MR) is 144 cm³/mol. The minimum atomic E-state index is -1.04. The largest absolute Gasteiger partial charge is 0.480 e. The predicted octanol–water partition coefficient (Wildman–Crippen LogP) is -2.10. The van der Waals surface area contributed by atoms with Crippen molar-refractivity contribution in [2.24, 2.45) is 34.2 Å². The summed E-state index contributed by atoms with van der Waals surface area (Å²) >= 11 is 1.52. The number of carboxylic acid groups (broad SMARTS) is 1. The van der Waals surface area contributed by atoms with Crippen molar-refractivity contribution in [2.45, 2.75) is 74.3 Å². The number of carbonyl (C=O) groups excluding carboxylic acids is 3. The van der Waals surface area contributed by atoms with Gasteiger partial charge in [-0.3, -0.25) is 14.4 Å². The Hall–Kier alpha value is -3.11. The van der Waals surface area contributed by atoms with Gasteiger partial charge in [0.2, 0.25) is 5.91 Å². The molecule has 0 aliphatic carbocycles. The number of nitrogens with one attached hydrogen (secondary N) is 1. The number of thioether (sulfide) groups is 1. The van der Waals surface area contributed by atoms with E-state index in [2.05, 4.69) is 25.8 Å². The summed E-state index contributed by atoms with van der Waals surface area (Å²) in [6.07, 6.45) is 2.82. The lowest BCUT2D eigenvalue weighted by Crippen LogP contribution is -2.64. The van der Waals surface area contributed by atoms with Crippen LogP contribution < -0.4 is 16.8 Å². The molecule has 0 spiro atoms. The number of rotatable bonds is 9. The van der Waals surface area contributed by atoms with Crippen LogP contribution >= 0.6 is 11.8 Å². The van der Waals surface area contributed by atoms with Crippen molar-refractivity contribution >= 4 is 41.3 Å². The number of aliphatic imine (C=N–C) groups is 1. The number of guanidine groups is 1. The van der Waals surface area contributed by atoms with Crippen LogP contribution in [0.4, 0.5) is 0 Å². The Kier molecular flexibility index (Phi) is 8.10. The van der Waals surface area contributed by atoms with Gasteiger partial charge in [-0.25, -0.2) is 9.48 Å².